The molecule has 1 aliphatic heterocycles. The van der Waals surface area contributed by atoms with Crippen LogP contribution in [0.25, 0.3) is 0 Å². The summed E-state index contributed by atoms with van der Waals surface area (Å²) >= 11 is 12.2. The summed E-state index contributed by atoms with van der Waals surface area (Å²) in [4.78, 5) is 25.5. The van der Waals surface area contributed by atoms with E-state index in [2.05, 4.69) is 43.2 Å². The van der Waals surface area contributed by atoms with Crippen LogP contribution in [0.5, 0.6) is 0 Å². The zero-order chi connectivity index (χ0) is 28.0. The molecule has 1 saturated carbocycles. The summed E-state index contributed by atoms with van der Waals surface area (Å²) in [5, 5.41) is 14.9. The number of likely N-dealkylation sites (N-methyl/N-ethyl adjacent to an activating group) is 1. The minimum Gasteiger partial charge on any atom is -0.393 e. The van der Waals surface area contributed by atoms with Crippen LogP contribution in [-0.4, -0.2) is 53.6 Å². The SMILES string of the molecule is CCN1CC(c2cccc(Cl)c2F)C(C(=O)Nc2cccc(Cl)c2)C1CC(C)(C)C.O=CNC1CC(O)C1. The van der Waals surface area contributed by atoms with E-state index in [9.17, 15) is 14.0 Å². The zero-order valence-corrected chi connectivity index (χ0v) is 23.9. The lowest BCUT2D eigenvalue weighted by molar-refractivity contribution is -0.121. The van der Waals surface area contributed by atoms with Crippen molar-refractivity contribution in [2.24, 2.45) is 11.3 Å². The molecule has 2 amide bonds. The van der Waals surface area contributed by atoms with Crippen molar-refractivity contribution in [1.82, 2.24) is 10.2 Å². The number of nitrogens with zero attached hydrogens (tertiary/aromatic N) is 1. The molecule has 3 unspecified atom stereocenters. The Balaban J connectivity index is 0.000000427. The van der Waals surface area contributed by atoms with Gasteiger partial charge in [0.25, 0.3) is 0 Å². The number of rotatable bonds is 7. The first kappa shape index (κ1) is 30.4. The lowest BCUT2D eigenvalue weighted by Crippen LogP contribution is -2.43. The Morgan fingerprint density at radius 2 is 1.87 bits per heavy atom. The number of aliphatic hydroxyl groups excluding tert-OH is 1. The summed E-state index contributed by atoms with van der Waals surface area (Å²) < 4.78 is 15.0. The summed E-state index contributed by atoms with van der Waals surface area (Å²) in [6.45, 7) is 9.99. The fourth-order valence-corrected chi connectivity index (χ4v) is 5.68. The number of carbonyl (C=O) groups is 2. The molecule has 1 heterocycles. The molecule has 0 aromatic heterocycles. The first-order valence-corrected chi connectivity index (χ1v) is 13.8. The second-order valence-corrected chi connectivity index (χ2v) is 12.1. The number of hydrogen-bond acceptors (Lipinski definition) is 4. The van der Waals surface area contributed by atoms with Gasteiger partial charge in [0.15, 0.2) is 0 Å². The Morgan fingerprint density at radius 3 is 2.45 bits per heavy atom. The summed E-state index contributed by atoms with van der Waals surface area (Å²) in [5.74, 6) is -1.24. The summed E-state index contributed by atoms with van der Waals surface area (Å²) in [7, 11) is 0. The van der Waals surface area contributed by atoms with Gasteiger partial charge in [0, 0.05) is 35.3 Å². The van der Waals surface area contributed by atoms with Gasteiger partial charge in [-0.15, -0.1) is 0 Å². The highest BCUT2D eigenvalue weighted by molar-refractivity contribution is 6.31. The number of hydrogen-bond donors (Lipinski definition) is 3. The second kappa shape index (κ2) is 13.2. The highest BCUT2D eigenvalue weighted by atomic mass is 35.5. The standard InChI is InChI=1S/C24H29Cl2FN2O.C5H9NO2/c1-5-29-14-18(17-10-7-11-19(26)22(17)27)21(20(29)13-24(2,3)4)23(30)28-16-9-6-8-15(25)12-16;7-3-6-4-1-5(8)2-4/h6-12,18,20-21H,5,13-14H2,1-4H3,(H,28,30);3-5,8H,1-2H2,(H,6,7). The Hall–Kier alpha value is -2.19. The number of aliphatic hydroxyl groups is 1. The Morgan fingerprint density at radius 1 is 1.18 bits per heavy atom. The third-order valence-electron chi connectivity index (χ3n) is 7.17. The van der Waals surface area contributed by atoms with E-state index in [1.165, 1.54) is 0 Å². The summed E-state index contributed by atoms with van der Waals surface area (Å²) in [6.07, 6.45) is 2.77. The molecule has 1 aliphatic carbocycles. The van der Waals surface area contributed by atoms with Crippen LogP contribution in [0.2, 0.25) is 10.0 Å². The van der Waals surface area contributed by atoms with Crippen LogP contribution < -0.4 is 10.6 Å². The number of benzene rings is 2. The number of anilines is 1. The van der Waals surface area contributed by atoms with Gasteiger partial charge >= 0.3 is 0 Å². The van der Waals surface area contributed by atoms with Crippen molar-refractivity contribution >= 4 is 41.2 Å². The zero-order valence-electron chi connectivity index (χ0n) is 22.4. The maximum Gasteiger partial charge on any atom is 0.229 e. The lowest BCUT2D eigenvalue weighted by Gasteiger charge is -2.33. The van der Waals surface area contributed by atoms with Crippen LogP contribution in [0, 0.1) is 17.2 Å². The molecule has 2 aromatic rings. The van der Waals surface area contributed by atoms with Gasteiger partial charge in [-0.25, -0.2) is 4.39 Å². The van der Waals surface area contributed by atoms with Gasteiger partial charge in [0.2, 0.25) is 12.3 Å². The minimum atomic E-state index is -0.433. The van der Waals surface area contributed by atoms with E-state index in [0.29, 0.717) is 29.2 Å². The number of nitrogens with one attached hydrogen (secondary N) is 2. The summed E-state index contributed by atoms with van der Waals surface area (Å²) in [6, 6.07) is 12.4. The highest BCUT2D eigenvalue weighted by Crippen LogP contribution is 2.43. The van der Waals surface area contributed by atoms with E-state index < -0.39 is 11.7 Å². The molecule has 4 rings (SSSR count). The van der Waals surface area contributed by atoms with Crippen molar-refractivity contribution < 1.29 is 19.1 Å². The van der Waals surface area contributed by atoms with Gasteiger partial charge in [0.1, 0.15) is 5.82 Å². The predicted molar refractivity (Wildman–Crippen MR) is 151 cm³/mol. The smallest absolute Gasteiger partial charge is 0.229 e. The Labute approximate surface area is 234 Å². The third-order valence-corrected chi connectivity index (χ3v) is 7.70. The van der Waals surface area contributed by atoms with Gasteiger partial charge in [-0.3, -0.25) is 14.5 Å². The molecule has 2 fully saturated rings. The summed E-state index contributed by atoms with van der Waals surface area (Å²) in [5.41, 5.74) is 1.17. The van der Waals surface area contributed by atoms with Crippen molar-refractivity contribution in [3.63, 3.8) is 0 Å². The molecule has 2 aromatic carbocycles. The molecule has 0 spiro atoms. The van der Waals surface area contributed by atoms with Crippen LogP contribution in [0.1, 0.15) is 58.4 Å². The van der Waals surface area contributed by atoms with Gasteiger partial charge in [-0.2, -0.15) is 0 Å². The van der Waals surface area contributed by atoms with E-state index in [-0.39, 0.29) is 40.5 Å². The van der Waals surface area contributed by atoms with E-state index in [1.54, 1.807) is 36.4 Å². The van der Waals surface area contributed by atoms with E-state index in [1.807, 2.05) is 6.07 Å². The lowest BCUT2D eigenvalue weighted by atomic mass is 9.78. The molecule has 38 heavy (non-hydrogen) atoms. The maximum absolute atomic E-state index is 15.0. The topological polar surface area (TPSA) is 81.7 Å². The number of halogens is 3. The second-order valence-electron chi connectivity index (χ2n) is 11.3. The van der Waals surface area contributed by atoms with Crippen LogP contribution in [0.4, 0.5) is 10.1 Å². The van der Waals surface area contributed by atoms with Crippen LogP contribution in [0.3, 0.4) is 0 Å². The molecular formula is C29H38Cl2FN3O3. The van der Waals surface area contributed by atoms with Crippen LogP contribution >= 0.6 is 23.2 Å². The molecule has 3 atom stereocenters. The quantitative estimate of drug-likeness (QED) is 0.367. The van der Waals surface area contributed by atoms with E-state index in [0.717, 1.165) is 25.8 Å². The average Bonchev–Trinajstić information content (AvgIpc) is 3.17. The molecule has 2 aliphatic rings. The molecular weight excluding hydrogens is 528 g/mol. The largest absolute Gasteiger partial charge is 0.393 e. The van der Waals surface area contributed by atoms with Crippen molar-refractivity contribution in [2.75, 3.05) is 18.4 Å². The third kappa shape index (κ3) is 7.92. The minimum absolute atomic E-state index is 0.00225. The molecule has 0 radical (unpaired) electrons. The van der Waals surface area contributed by atoms with Gasteiger partial charge in [-0.1, -0.05) is 69.1 Å². The van der Waals surface area contributed by atoms with Crippen LogP contribution in [0.15, 0.2) is 42.5 Å². The molecule has 1 saturated heterocycles. The van der Waals surface area contributed by atoms with Crippen molar-refractivity contribution in [2.45, 2.75) is 71.1 Å². The van der Waals surface area contributed by atoms with Crippen molar-refractivity contribution in [1.29, 1.82) is 0 Å². The van der Waals surface area contributed by atoms with Crippen molar-refractivity contribution in [3.8, 4) is 0 Å². The van der Waals surface area contributed by atoms with Gasteiger partial charge in [0.05, 0.1) is 17.0 Å². The van der Waals surface area contributed by atoms with Crippen LogP contribution in [-0.2, 0) is 9.59 Å². The number of likely N-dealkylation sites (tertiary alicyclic amines) is 1. The molecule has 208 valence electrons. The average molecular weight is 567 g/mol. The molecule has 6 nitrogen and oxygen atoms in total. The first-order chi connectivity index (χ1) is 17.9. The van der Waals surface area contributed by atoms with Gasteiger partial charge in [-0.05, 0) is 61.1 Å². The predicted octanol–water partition coefficient (Wildman–Crippen LogP) is 5.87. The van der Waals surface area contributed by atoms with E-state index in [4.69, 9.17) is 28.3 Å². The fraction of sp³-hybridized carbons (Fsp3) is 0.517. The Kier molecular flexibility index (Phi) is 10.6. The monoisotopic (exact) mass is 565 g/mol. The highest BCUT2D eigenvalue weighted by Gasteiger charge is 2.47. The first-order valence-electron chi connectivity index (χ1n) is 13.1. The Bertz CT molecular complexity index is 1100. The normalized spacial score (nSPS) is 25.1. The number of amides is 2. The van der Waals surface area contributed by atoms with Gasteiger partial charge < -0.3 is 15.7 Å². The fourth-order valence-electron chi connectivity index (χ4n) is 5.31. The molecule has 0 bridgehead atoms. The molecule has 9 heteroatoms. The van der Waals surface area contributed by atoms with Crippen molar-refractivity contribution in [3.05, 3.63) is 63.9 Å². The van der Waals surface area contributed by atoms with E-state index >= 15 is 0 Å². The number of carbonyl (C=O) groups excluding carboxylic acids is 2. The maximum atomic E-state index is 15.0. The molecule has 3 N–H and O–H groups in total.